The number of ether oxygens (including phenoxy) is 1. The molecule has 0 unspecified atom stereocenters. The van der Waals surface area contributed by atoms with Crippen molar-refractivity contribution in [3.05, 3.63) is 71.7 Å². The van der Waals surface area contributed by atoms with Crippen molar-refractivity contribution in [2.75, 3.05) is 24.6 Å². The van der Waals surface area contributed by atoms with Crippen LogP contribution >= 0.6 is 7.60 Å². The number of hydrogen-bond acceptors (Lipinski definition) is 5. The molecule has 0 radical (unpaired) electrons. The molecule has 0 aliphatic carbocycles. The van der Waals surface area contributed by atoms with Crippen LogP contribution in [0.2, 0.25) is 0 Å². The highest BCUT2D eigenvalue weighted by molar-refractivity contribution is 7.51. The van der Waals surface area contributed by atoms with Crippen molar-refractivity contribution in [1.82, 2.24) is 5.32 Å². The standard InChI is InChI=1S/C27H34F3N2O5P/c1-19(2)37-26-9-7-20(16-24(26)27(28,29)30)5-3-12-32-25-8-6-21(15-23(25)22-10-13-36-18-22)17-31-11-4-14-38(33,34)35/h6-10,13,15-16,18-19,31-32H,3-5,11-12,14,17H2,1-2H3,(H2,33,34,35). The van der Waals surface area contributed by atoms with E-state index in [2.05, 4.69) is 10.6 Å². The molecule has 208 valence electrons. The van der Waals surface area contributed by atoms with E-state index >= 15 is 0 Å². The average molecular weight is 555 g/mol. The fourth-order valence-corrected chi connectivity index (χ4v) is 4.55. The SMILES string of the molecule is CC(C)Oc1ccc(CCCNc2ccc(CNCCCP(=O)(O)O)cc2-c2ccoc2)cc1C(F)(F)F. The Morgan fingerprint density at radius 2 is 1.79 bits per heavy atom. The van der Waals surface area contributed by atoms with E-state index in [-0.39, 0.29) is 18.0 Å². The predicted octanol–water partition coefficient (Wildman–Crippen LogP) is 6.45. The van der Waals surface area contributed by atoms with Gasteiger partial charge in [-0.05, 0) is 81.1 Å². The lowest BCUT2D eigenvalue weighted by atomic mass is 10.0. The van der Waals surface area contributed by atoms with Gasteiger partial charge in [0.05, 0.1) is 30.4 Å². The molecule has 11 heteroatoms. The van der Waals surface area contributed by atoms with E-state index in [9.17, 15) is 17.7 Å². The van der Waals surface area contributed by atoms with E-state index in [4.69, 9.17) is 18.9 Å². The van der Waals surface area contributed by atoms with Crippen molar-refractivity contribution in [3.8, 4) is 16.9 Å². The molecule has 1 aromatic heterocycles. The molecule has 38 heavy (non-hydrogen) atoms. The van der Waals surface area contributed by atoms with Gasteiger partial charge in [-0.3, -0.25) is 4.57 Å². The first kappa shape index (κ1) is 29.8. The molecule has 7 nitrogen and oxygen atoms in total. The van der Waals surface area contributed by atoms with E-state index in [0.717, 1.165) is 28.4 Å². The Labute approximate surface area is 220 Å². The molecular weight excluding hydrogens is 520 g/mol. The average Bonchev–Trinajstić information content (AvgIpc) is 3.36. The van der Waals surface area contributed by atoms with E-state index in [1.807, 2.05) is 24.3 Å². The third kappa shape index (κ3) is 9.51. The van der Waals surface area contributed by atoms with Crippen LogP contribution in [-0.4, -0.2) is 35.1 Å². The van der Waals surface area contributed by atoms with Crippen molar-refractivity contribution < 1.29 is 36.7 Å². The predicted molar refractivity (Wildman–Crippen MR) is 141 cm³/mol. The van der Waals surface area contributed by atoms with Gasteiger partial charge in [0.15, 0.2) is 0 Å². The van der Waals surface area contributed by atoms with Crippen molar-refractivity contribution in [1.29, 1.82) is 0 Å². The van der Waals surface area contributed by atoms with Crippen LogP contribution in [0.1, 0.15) is 43.4 Å². The summed E-state index contributed by atoms with van der Waals surface area (Å²) >= 11 is 0. The molecule has 3 aromatic rings. The van der Waals surface area contributed by atoms with Gasteiger partial charge in [-0.2, -0.15) is 13.2 Å². The second-order valence-corrected chi connectivity index (χ2v) is 11.1. The smallest absolute Gasteiger partial charge is 0.419 e. The van der Waals surface area contributed by atoms with Crippen LogP contribution in [-0.2, 0) is 23.7 Å². The van der Waals surface area contributed by atoms with Crippen molar-refractivity contribution in [2.24, 2.45) is 0 Å². The summed E-state index contributed by atoms with van der Waals surface area (Å²) in [6.45, 7) is 4.95. The fourth-order valence-electron chi connectivity index (χ4n) is 3.98. The minimum absolute atomic E-state index is 0.156. The van der Waals surface area contributed by atoms with Gasteiger partial charge < -0.3 is 29.6 Å². The van der Waals surface area contributed by atoms with Crippen molar-refractivity contribution in [2.45, 2.75) is 51.9 Å². The summed E-state index contributed by atoms with van der Waals surface area (Å²) in [5.41, 5.74) is 3.49. The third-order valence-corrected chi connectivity index (χ3v) is 6.62. The Balaban J connectivity index is 1.60. The summed E-state index contributed by atoms with van der Waals surface area (Å²) in [5, 5.41) is 6.57. The molecule has 4 N–H and O–H groups in total. The molecule has 0 saturated heterocycles. The first-order valence-electron chi connectivity index (χ1n) is 12.4. The Kier molecular flexibility index (Phi) is 10.4. The Hall–Kier alpha value is -2.78. The van der Waals surface area contributed by atoms with Crippen LogP contribution in [0.4, 0.5) is 18.9 Å². The monoisotopic (exact) mass is 554 g/mol. The van der Waals surface area contributed by atoms with Gasteiger partial charge in [-0.1, -0.05) is 12.1 Å². The highest BCUT2D eigenvalue weighted by Crippen LogP contribution is 2.38. The molecule has 0 atom stereocenters. The summed E-state index contributed by atoms with van der Waals surface area (Å²) in [6.07, 6.45) is -0.328. The van der Waals surface area contributed by atoms with Crippen molar-refractivity contribution >= 4 is 13.3 Å². The molecule has 0 amide bonds. The molecule has 2 aromatic carbocycles. The summed E-state index contributed by atoms with van der Waals surface area (Å²) < 4.78 is 62.1. The maximum atomic E-state index is 13.5. The number of nitrogens with one attached hydrogen (secondary N) is 2. The number of aryl methyl sites for hydroxylation is 1. The number of alkyl halides is 3. The number of anilines is 1. The number of hydrogen-bond donors (Lipinski definition) is 4. The van der Waals surface area contributed by atoms with Crippen molar-refractivity contribution in [3.63, 3.8) is 0 Å². The van der Waals surface area contributed by atoms with Crippen LogP contribution in [0.15, 0.2) is 59.4 Å². The molecule has 3 rings (SSSR count). The van der Waals surface area contributed by atoms with Crippen LogP contribution in [0.25, 0.3) is 11.1 Å². The summed E-state index contributed by atoms with van der Waals surface area (Å²) in [5.74, 6) is -0.157. The van der Waals surface area contributed by atoms with Gasteiger partial charge in [0.2, 0.25) is 0 Å². The lowest BCUT2D eigenvalue weighted by molar-refractivity contribution is -0.139. The highest BCUT2D eigenvalue weighted by Gasteiger charge is 2.34. The second kappa shape index (κ2) is 13.3. The molecule has 0 spiro atoms. The van der Waals surface area contributed by atoms with Gasteiger partial charge >= 0.3 is 13.8 Å². The first-order valence-corrected chi connectivity index (χ1v) is 14.2. The minimum Gasteiger partial charge on any atom is -0.490 e. The van der Waals surface area contributed by atoms with E-state index in [1.54, 1.807) is 32.4 Å². The quantitative estimate of drug-likeness (QED) is 0.134. The number of rotatable bonds is 14. The van der Waals surface area contributed by atoms with Gasteiger partial charge in [-0.15, -0.1) is 0 Å². The first-order chi connectivity index (χ1) is 17.9. The largest absolute Gasteiger partial charge is 0.490 e. The van der Waals surface area contributed by atoms with Gasteiger partial charge in [0, 0.05) is 29.9 Å². The molecule has 0 saturated carbocycles. The zero-order valence-electron chi connectivity index (χ0n) is 21.4. The van der Waals surface area contributed by atoms with E-state index in [1.165, 1.54) is 6.07 Å². The Morgan fingerprint density at radius 3 is 2.45 bits per heavy atom. The highest BCUT2D eigenvalue weighted by atomic mass is 31.2. The molecule has 0 bridgehead atoms. The van der Waals surface area contributed by atoms with E-state index in [0.29, 0.717) is 44.5 Å². The number of benzene rings is 2. The minimum atomic E-state index is -4.49. The van der Waals surface area contributed by atoms with Gasteiger partial charge in [0.1, 0.15) is 5.75 Å². The summed E-state index contributed by atoms with van der Waals surface area (Å²) in [6, 6.07) is 12.0. The Bertz CT molecular complexity index is 1210. The number of halogens is 3. The van der Waals surface area contributed by atoms with Gasteiger partial charge in [-0.25, -0.2) is 0 Å². The molecular formula is C27H34F3N2O5P. The summed E-state index contributed by atoms with van der Waals surface area (Å²) in [7, 11) is -3.99. The van der Waals surface area contributed by atoms with Crippen LogP contribution in [0.3, 0.4) is 0 Å². The summed E-state index contributed by atoms with van der Waals surface area (Å²) in [4.78, 5) is 17.9. The molecule has 0 aliphatic rings. The van der Waals surface area contributed by atoms with Crippen LogP contribution in [0, 0.1) is 0 Å². The van der Waals surface area contributed by atoms with E-state index < -0.39 is 19.3 Å². The normalized spacial score (nSPS) is 12.2. The Morgan fingerprint density at radius 1 is 1.03 bits per heavy atom. The zero-order valence-corrected chi connectivity index (χ0v) is 22.3. The molecule has 0 fully saturated rings. The molecule has 0 aliphatic heterocycles. The maximum absolute atomic E-state index is 13.5. The van der Waals surface area contributed by atoms with Crippen LogP contribution < -0.4 is 15.4 Å². The number of furan rings is 1. The zero-order chi connectivity index (χ0) is 27.8. The third-order valence-electron chi connectivity index (χ3n) is 5.72. The maximum Gasteiger partial charge on any atom is 0.419 e. The van der Waals surface area contributed by atoms with Crippen LogP contribution in [0.5, 0.6) is 5.75 Å². The fraction of sp³-hybridized carbons (Fsp3) is 0.407. The molecule has 1 heterocycles. The van der Waals surface area contributed by atoms with Gasteiger partial charge in [0.25, 0.3) is 0 Å². The second-order valence-electron chi connectivity index (χ2n) is 9.34. The lowest BCUT2D eigenvalue weighted by Crippen LogP contribution is -2.16. The lowest BCUT2D eigenvalue weighted by Gasteiger charge is -2.17. The topological polar surface area (TPSA) is 104 Å².